The molecule has 2 rings (SSSR count). The van der Waals surface area contributed by atoms with Gasteiger partial charge in [0.15, 0.2) is 0 Å². The number of carbonyl (C=O) groups is 1. The number of β-amino-alcohol motifs (C(OH)–C–C–N with tert-alkyl or cyclic N) is 1. The molecule has 1 heterocycles. The van der Waals surface area contributed by atoms with Gasteiger partial charge in [-0.25, -0.2) is 0 Å². The largest absolute Gasteiger partial charge is 0.496 e. The molecular weight excluding hydrogens is 260 g/mol. The number of hydrogen-bond acceptors (Lipinski definition) is 5. The Hall–Kier alpha value is -1.79. The molecule has 0 fully saturated rings. The second-order valence-corrected chi connectivity index (χ2v) is 4.89. The summed E-state index contributed by atoms with van der Waals surface area (Å²) in [5.74, 6) is 1.03. The molecule has 1 aliphatic rings. The van der Waals surface area contributed by atoms with Crippen LogP contribution in [0.15, 0.2) is 12.1 Å². The Balaban J connectivity index is 2.45. The summed E-state index contributed by atoms with van der Waals surface area (Å²) < 4.78 is 10.6. The van der Waals surface area contributed by atoms with Gasteiger partial charge in [0.25, 0.3) is 0 Å². The van der Waals surface area contributed by atoms with Crippen molar-refractivity contribution in [3.8, 4) is 11.5 Å². The minimum atomic E-state index is -0.813. The zero-order valence-electron chi connectivity index (χ0n) is 11.9. The molecule has 6 nitrogen and oxygen atoms in total. The lowest BCUT2D eigenvalue weighted by molar-refractivity contribution is -0.135. The number of hydrogen-bond donors (Lipinski definition) is 2. The van der Waals surface area contributed by atoms with Crippen molar-refractivity contribution < 1.29 is 19.4 Å². The number of ether oxygens (including phenoxy) is 2. The molecule has 0 radical (unpaired) electrons. The van der Waals surface area contributed by atoms with Gasteiger partial charge in [-0.05, 0) is 19.1 Å². The van der Waals surface area contributed by atoms with Gasteiger partial charge in [0, 0.05) is 17.7 Å². The van der Waals surface area contributed by atoms with Crippen molar-refractivity contribution in [2.75, 3.05) is 20.8 Å². The van der Waals surface area contributed by atoms with E-state index in [4.69, 9.17) is 15.2 Å². The second-order valence-electron chi connectivity index (χ2n) is 4.89. The summed E-state index contributed by atoms with van der Waals surface area (Å²) in [5, 5.41) is 10.3. The summed E-state index contributed by atoms with van der Waals surface area (Å²) in [6.45, 7) is 2.19. The van der Waals surface area contributed by atoms with E-state index < -0.39 is 12.1 Å². The van der Waals surface area contributed by atoms with E-state index in [1.807, 2.05) is 0 Å². The summed E-state index contributed by atoms with van der Waals surface area (Å²) in [7, 11) is 3.11. The molecule has 0 aromatic heterocycles. The van der Waals surface area contributed by atoms with Gasteiger partial charge in [-0.15, -0.1) is 0 Å². The third kappa shape index (κ3) is 2.44. The van der Waals surface area contributed by atoms with Crippen LogP contribution in [0.5, 0.6) is 11.5 Å². The van der Waals surface area contributed by atoms with Gasteiger partial charge in [-0.3, -0.25) is 4.79 Å². The lowest BCUT2D eigenvalue weighted by atomic mass is 9.95. The van der Waals surface area contributed by atoms with Crippen LogP contribution >= 0.6 is 0 Å². The fourth-order valence-corrected chi connectivity index (χ4v) is 2.53. The van der Waals surface area contributed by atoms with E-state index in [0.717, 1.165) is 5.56 Å². The lowest BCUT2D eigenvalue weighted by Gasteiger charge is -2.34. The fraction of sp³-hybridized carbons (Fsp3) is 0.500. The first-order valence-corrected chi connectivity index (χ1v) is 6.45. The number of aliphatic hydroxyl groups excluding tert-OH is 1. The average molecular weight is 280 g/mol. The van der Waals surface area contributed by atoms with E-state index in [-0.39, 0.29) is 12.5 Å². The summed E-state index contributed by atoms with van der Waals surface area (Å²) in [6, 6.07) is 2.93. The number of aliphatic hydroxyl groups is 1. The van der Waals surface area contributed by atoms with Gasteiger partial charge in [-0.1, -0.05) is 0 Å². The zero-order chi connectivity index (χ0) is 14.9. The number of amides is 1. The van der Waals surface area contributed by atoms with Gasteiger partial charge >= 0.3 is 0 Å². The summed E-state index contributed by atoms with van der Waals surface area (Å²) in [4.78, 5) is 13.6. The van der Waals surface area contributed by atoms with Crippen LogP contribution in [0.25, 0.3) is 0 Å². The molecule has 0 saturated carbocycles. The molecule has 3 N–H and O–H groups in total. The molecule has 6 heteroatoms. The number of rotatable bonds is 3. The minimum absolute atomic E-state index is 0.195. The van der Waals surface area contributed by atoms with E-state index in [1.165, 1.54) is 0 Å². The minimum Gasteiger partial charge on any atom is -0.496 e. The number of benzene rings is 1. The highest BCUT2D eigenvalue weighted by molar-refractivity contribution is 5.81. The molecule has 1 amide bonds. The first kappa shape index (κ1) is 14.6. The highest BCUT2D eigenvalue weighted by Crippen LogP contribution is 2.39. The number of nitrogens with two attached hydrogens (primary N) is 1. The van der Waals surface area contributed by atoms with Gasteiger partial charge in [0.05, 0.1) is 26.8 Å². The summed E-state index contributed by atoms with van der Waals surface area (Å²) in [5.41, 5.74) is 7.07. The van der Waals surface area contributed by atoms with Gasteiger partial charge in [0.2, 0.25) is 5.91 Å². The molecule has 2 atom stereocenters. The average Bonchev–Trinajstić information content (AvgIpc) is 2.44. The molecule has 1 aromatic carbocycles. The highest BCUT2D eigenvalue weighted by Gasteiger charge is 2.32. The highest BCUT2D eigenvalue weighted by atomic mass is 16.5. The normalized spacial score (nSPS) is 19.2. The van der Waals surface area contributed by atoms with Crippen LogP contribution in [-0.2, 0) is 11.3 Å². The van der Waals surface area contributed by atoms with Crippen molar-refractivity contribution in [2.24, 2.45) is 5.73 Å². The monoisotopic (exact) mass is 280 g/mol. The molecule has 1 aliphatic heterocycles. The standard InChI is InChI=1S/C14H20N2O4/c1-8(15)14(18)16-6-9-11(19-2)4-5-12(20-3)13(9)10(17)7-16/h4-5,8,10,17H,6-7,15H2,1-3H3/t8-,10?/m0/s1. The van der Waals surface area contributed by atoms with Crippen molar-refractivity contribution in [3.63, 3.8) is 0 Å². The van der Waals surface area contributed by atoms with Crippen LogP contribution in [0, 0.1) is 0 Å². The van der Waals surface area contributed by atoms with Crippen molar-refractivity contribution >= 4 is 5.91 Å². The Morgan fingerprint density at radius 3 is 2.55 bits per heavy atom. The first-order chi connectivity index (χ1) is 9.49. The zero-order valence-corrected chi connectivity index (χ0v) is 11.9. The first-order valence-electron chi connectivity index (χ1n) is 6.45. The number of carbonyl (C=O) groups excluding carboxylic acids is 1. The molecule has 20 heavy (non-hydrogen) atoms. The smallest absolute Gasteiger partial charge is 0.239 e. The molecule has 1 aromatic rings. The Morgan fingerprint density at radius 2 is 2.00 bits per heavy atom. The molecule has 1 unspecified atom stereocenters. The van der Waals surface area contributed by atoms with Gasteiger partial charge in [0.1, 0.15) is 17.6 Å². The molecule has 0 aliphatic carbocycles. The Kier molecular flexibility index (Phi) is 4.15. The van der Waals surface area contributed by atoms with E-state index in [1.54, 1.807) is 38.2 Å². The molecule has 0 bridgehead atoms. The van der Waals surface area contributed by atoms with E-state index >= 15 is 0 Å². The number of methoxy groups -OCH3 is 2. The summed E-state index contributed by atoms with van der Waals surface area (Å²) >= 11 is 0. The molecular formula is C14H20N2O4. The third-order valence-corrected chi connectivity index (χ3v) is 3.49. The fourth-order valence-electron chi connectivity index (χ4n) is 2.53. The number of fused-ring (bicyclic) bond motifs is 1. The van der Waals surface area contributed by atoms with Gasteiger partial charge in [-0.2, -0.15) is 0 Å². The Labute approximate surface area is 118 Å². The topological polar surface area (TPSA) is 85.0 Å². The third-order valence-electron chi connectivity index (χ3n) is 3.49. The van der Waals surface area contributed by atoms with E-state index in [9.17, 15) is 9.90 Å². The molecule has 0 spiro atoms. The predicted octanol–water partition coefficient (Wildman–Crippen LogP) is 0.427. The Bertz CT molecular complexity index is 516. The second kappa shape index (κ2) is 5.68. The molecule has 110 valence electrons. The maximum atomic E-state index is 12.0. The van der Waals surface area contributed by atoms with Crippen LogP contribution in [0.2, 0.25) is 0 Å². The lowest BCUT2D eigenvalue weighted by Crippen LogP contribution is -2.45. The molecule has 0 saturated heterocycles. The summed E-state index contributed by atoms with van der Waals surface area (Å²) in [6.07, 6.45) is -0.813. The Morgan fingerprint density at radius 1 is 1.40 bits per heavy atom. The van der Waals surface area contributed by atoms with Crippen molar-refractivity contribution in [1.29, 1.82) is 0 Å². The SMILES string of the molecule is COc1ccc(OC)c2c1CN(C(=O)[C@H](C)N)CC2O. The van der Waals surface area contributed by atoms with Gasteiger partial charge < -0.3 is 25.2 Å². The van der Waals surface area contributed by atoms with Crippen LogP contribution < -0.4 is 15.2 Å². The van der Waals surface area contributed by atoms with E-state index in [0.29, 0.717) is 23.6 Å². The van der Waals surface area contributed by atoms with Crippen molar-refractivity contribution in [3.05, 3.63) is 23.3 Å². The van der Waals surface area contributed by atoms with Crippen LogP contribution in [0.4, 0.5) is 0 Å². The van der Waals surface area contributed by atoms with Crippen LogP contribution in [0.3, 0.4) is 0 Å². The number of nitrogens with zero attached hydrogens (tertiary/aromatic N) is 1. The predicted molar refractivity (Wildman–Crippen MR) is 73.6 cm³/mol. The van der Waals surface area contributed by atoms with E-state index in [2.05, 4.69) is 0 Å². The van der Waals surface area contributed by atoms with Crippen molar-refractivity contribution in [1.82, 2.24) is 4.90 Å². The quantitative estimate of drug-likeness (QED) is 0.838. The van der Waals surface area contributed by atoms with Crippen molar-refractivity contribution in [2.45, 2.75) is 25.6 Å². The van der Waals surface area contributed by atoms with Crippen LogP contribution in [0.1, 0.15) is 24.2 Å². The van der Waals surface area contributed by atoms with Crippen LogP contribution in [-0.4, -0.2) is 42.7 Å². The maximum Gasteiger partial charge on any atom is 0.239 e. The maximum absolute atomic E-state index is 12.0.